The van der Waals surface area contributed by atoms with Crippen LogP contribution >= 0.6 is 0 Å². The topological polar surface area (TPSA) is 85.3 Å². The molecule has 5 rings (SSSR count). The van der Waals surface area contributed by atoms with Crippen LogP contribution in [0.1, 0.15) is 0 Å². The minimum absolute atomic E-state index is 0.124. The zero-order chi connectivity index (χ0) is 15.8. The van der Waals surface area contributed by atoms with E-state index in [1.54, 1.807) is 30.4 Å². The number of aliphatic hydroxyl groups excluding tert-OH is 1. The van der Waals surface area contributed by atoms with Crippen molar-refractivity contribution in [1.29, 1.82) is 0 Å². The van der Waals surface area contributed by atoms with E-state index in [4.69, 9.17) is 14.2 Å². The minimum atomic E-state index is -1.08. The molecule has 118 valence electrons. The van der Waals surface area contributed by atoms with Crippen LogP contribution in [0.15, 0.2) is 30.4 Å². The zero-order valence-corrected chi connectivity index (χ0v) is 12.0. The maximum atomic E-state index is 12.9. The van der Waals surface area contributed by atoms with E-state index in [1.807, 2.05) is 0 Å². The van der Waals surface area contributed by atoms with Crippen molar-refractivity contribution in [3.05, 3.63) is 30.4 Å². The van der Waals surface area contributed by atoms with Crippen molar-refractivity contribution in [2.24, 2.45) is 11.8 Å². The molecule has 2 amide bonds. The van der Waals surface area contributed by atoms with Crippen LogP contribution in [0.25, 0.3) is 0 Å². The maximum absolute atomic E-state index is 12.9. The van der Waals surface area contributed by atoms with Crippen LogP contribution in [0, 0.1) is 11.8 Å². The predicted octanol–water partition coefficient (Wildman–Crippen LogP) is 0.221. The molecule has 0 aromatic heterocycles. The third-order valence-electron chi connectivity index (χ3n) is 5.02. The summed E-state index contributed by atoms with van der Waals surface area (Å²) in [6, 6.07) is 4.96. The summed E-state index contributed by atoms with van der Waals surface area (Å²) in [7, 11) is 0. The number of carbonyl (C=O) groups is 2. The molecule has 4 aliphatic rings. The Labute approximate surface area is 131 Å². The van der Waals surface area contributed by atoms with Crippen molar-refractivity contribution >= 4 is 17.5 Å². The van der Waals surface area contributed by atoms with Gasteiger partial charge in [0.05, 0.1) is 30.2 Å². The Balaban J connectivity index is 1.57. The lowest BCUT2D eigenvalue weighted by atomic mass is 9.77. The SMILES string of the molecule is O=C1[C@H]2[C@@H](C(=O)N1c1ccc3c(c1)OCO3)[C@]1(CO)C=C[C@H]2O1. The Morgan fingerprint density at radius 2 is 2.04 bits per heavy atom. The van der Waals surface area contributed by atoms with Crippen LogP contribution in [-0.2, 0) is 14.3 Å². The number of hydrogen-bond acceptors (Lipinski definition) is 6. The molecular weight excluding hydrogens is 302 g/mol. The third-order valence-corrected chi connectivity index (χ3v) is 5.02. The molecule has 4 aliphatic heterocycles. The van der Waals surface area contributed by atoms with E-state index < -0.39 is 23.5 Å². The van der Waals surface area contributed by atoms with Gasteiger partial charge in [0.1, 0.15) is 5.60 Å². The first-order chi connectivity index (χ1) is 11.1. The summed E-state index contributed by atoms with van der Waals surface area (Å²) in [5, 5.41) is 9.68. The number of hydrogen-bond donors (Lipinski definition) is 1. The molecule has 7 nitrogen and oxygen atoms in total. The highest BCUT2D eigenvalue weighted by Crippen LogP contribution is 2.52. The van der Waals surface area contributed by atoms with Crippen LogP contribution in [0.3, 0.4) is 0 Å². The Hall–Kier alpha value is -2.38. The summed E-state index contributed by atoms with van der Waals surface area (Å²) in [5.74, 6) is -0.812. The highest BCUT2D eigenvalue weighted by molar-refractivity contribution is 6.23. The molecule has 1 N–H and O–H groups in total. The molecule has 0 radical (unpaired) electrons. The number of fused-ring (bicyclic) bond motifs is 6. The fourth-order valence-electron chi connectivity index (χ4n) is 3.96. The standard InChI is InChI=1S/C16H13NO6/c18-6-16-4-3-10(23-16)12-13(16)15(20)17(14(12)19)8-1-2-9-11(5-8)22-7-21-9/h1-5,10,12-13,18H,6-7H2/t10-,12-,13+,16-/m1/s1. The summed E-state index contributed by atoms with van der Waals surface area (Å²) in [6.07, 6.45) is 3.00. The average Bonchev–Trinajstić information content (AvgIpc) is 3.29. The second kappa shape index (κ2) is 4.12. The summed E-state index contributed by atoms with van der Waals surface area (Å²) >= 11 is 0. The summed E-state index contributed by atoms with van der Waals surface area (Å²) in [5.41, 5.74) is -0.626. The minimum Gasteiger partial charge on any atom is -0.454 e. The fraction of sp³-hybridized carbons (Fsp3) is 0.375. The lowest BCUT2D eigenvalue weighted by Gasteiger charge is -2.26. The van der Waals surface area contributed by atoms with Gasteiger partial charge in [0.15, 0.2) is 11.5 Å². The van der Waals surface area contributed by atoms with E-state index in [9.17, 15) is 14.7 Å². The first kappa shape index (κ1) is 13.1. The Kier molecular flexibility index (Phi) is 2.35. The van der Waals surface area contributed by atoms with Crippen molar-refractivity contribution in [2.75, 3.05) is 18.3 Å². The molecule has 1 aromatic rings. The van der Waals surface area contributed by atoms with Gasteiger partial charge < -0.3 is 19.3 Å². The lowest BCUT2D eigenvalue weighted by Crippen LogP contribution is -2.43. The zero-order valence-electron chi connectivity index (χ0n) is 12.0. The Morgan fingerprint density at radius 1 is 1.22 bits per heavy atom. The molecule has 1 aromatic carbocycles. The van der Waals surface area contributed by atoms with Gasteiger partial charge in [0.25, 0.3) is 0 Å². The second-order valence-electron chi connectivity index (χ2n) is 6.11. The number of ether oxygens (including phenoxy) is 3. The number of imide groups is 1. The van der Waals surface area contributed by atoms with Gasteiger partial charge in [-0.2, -0.15) is 0 Å². The largest absolute Gasteiger partial charge is 0.454 e. The number of benzene rings is 1. The third kappa shape index (κ3) is 1.46. The Morgan fingerprint density at radius 3 is 2.87 bits per heavy atom. The first-order valence-electron chi connectivity index (χ1n) is 7.40. The van der Waals surface area contributed by atoms with Gasteiger partial charge in [0.2, 0.25) is 18.6 Å². The molecular formula is C16H13NO6. The van der Waals surface area contributed by atoms with E-state index in [0.717, 1.165) is 0 Å². The molecule has 0 saturated carbocycles. The predicted molar refractivity (Wildman–Crippen MR) is 75.9 cm³/mol. The van der Waals surface area contributed by atoms with Crippen molar-refractivity contribution in [2.45, 2.75) is 11.7 Å². The normalized spacial score (nSPS) is 36.2. The number of amides is 2. The number of aliphatic hydroxyl groups is 1. The first-order valence-corrected chi connectivity index (χ1v) is 7.40. The monoisotopic (exact) mass is 315 g/mol. The van der Waals surface area contributed by atoms with Crippen molar-refractivity contribution < 1.29 is 28.9 Å². The molecule has 2 bridgehead atoms. The van der Waals surface area contributed by atoms with Crippen molar-refractivity contribution in [1.82, 2.24) is 0 Å². The van der Waals surface area contributed by atoms with Crippen LogP contribution in [0.5, 0.6) is 11.5 Å². The quantitative estimate of drug-likeness (QED) is 0.621. The summed E-state index contributed by atoms with van der Waals surface area (Å²) in [4.78, 5) is 26.8. The highest BCUT2D eigenvalue weighted by Gasteiger charge is 2.67. The number of nitrogens with zero attached hydrogens (tertiary/aromatic N) is 1. The summed E-state index contributed by atoms with van der Waals surface area (Å²) in [6.45, 7) is -0.200. The van der Waals surface area contributed by atoms with Gasteiger partial charge in [-0.25, -0.2) is 4.90 Å². The number of rotatable bonds is 2. The molecule has 0 spiro atoms. The van der Waals surface area contributed by atoms with Gasteiger partial charge in [0, 0.05) is 6.07 Å². The van der Waals surface area contributed by atoms with Gasteiger partial charge >= 0.3 is 0 Å². The molecule has 2 fully saturated rings. The average molecular weight is 315 g/mol. The van der Waals surface area contributed by atoms with Crippen molar-refractivity contribution in [3.63, 3.8) is 0 Å². The van der Waals surface area contributed by atoms with E-state index in [-0.39, 0.29) is 25.2 Å². The van der Waals surface area contributed by atoms with Gasteiger partial charge in [-0.05, 0) is 12.1 Å². The molecule has 4 atom stereocenters. The number of anilines is 1. The van der Waals surface area contributed by atoms with E-state index in [1.165, 1.54) is 4.90 Å². The van der Waals surface area contributed by atoms with Crippen molar-refractivity contribution in [3.8, 4) is 11.5 Å². The molecule has 0 unspecified atom stereocenters. The molecule has 23 heavy (non-hydrogen) atoms. The van der Waals surface area contributed by atoms with Crippen LogP contribution in [0.2, 0.25) is 0 Å². The fourth-order valence-corrected chi connectivity index (χ4v) is 3.96. The molecule has 0 aliphatic carbocycles. The van der Waals surface area contributed by atoms with Crippen LogP contribution in [0.4, 0.5) is 5.69 Å². The molecule has 7 heteroatoms. The Bertz CT molecular complexity index is 774. The molecule has 2 saturated heterocycles. The van der Waals surface area contributed by atoms with Gasteiger partial charge in [-0.15, -0.1) is 0 Å². The summed E-state index contributed by atoms with van der Waals surface area (Å²) < 4.78 is 16.3. The van der Waals surface area contributed by atoms with Crippen LogP contribution in [-0.4, -0.2) is 42.0 Å². The maximum Gasteiger partial charge on any atom is 0.241 e. The highest BCUT2D eigenvalue weighted by atomic mass is 16.7. The van der Waals surface area contributed by atoms with Gasteiger partial charge in [-0.3, -0.25) is 9.59 Å². The van der Waals surface area contributed by atoms with E-state index in [0.29, 0.717) is 17.2 Å². The van der Waals surface area contributed by atoms with E-state index in [2.05, 4.69) is 0 Å². The van der Waals surface area contributed by atoms with Gasteiger partial charge in [-0.1, -0.05) is 12.2 Å². The second-order valence-corrected chi connectivity index (χ2v) is 6.11. The van der Waals surface area contributed by atoms with Crippen LogP contribution < -0.4 is 14.4 Å². The van der Waals surface area contributed by atoms with E-state index >= 15 is 0 Å². The number of carbonyl (C=O) groups excluding carboxylic acids is 2. The lowest BCUT2D eigenvalue weighted by molar-refractivity contribution is -0.128. The smallest absolute Gasteiger partial charge is 0.241 e. The molecule has 4 heterocycles.